The van der Waals surface area contributed by atoms with Crippen LogP contribution in [-0.2, 0) is 4.79 Å². The van der Waals surface area contributed by atoms with Crippen LogP contribution in [0.4, 0.5) is 11.4 Å². The van der Waals surface area contributed by atoms with Gasteiger partial charge in [0.25, 0.3) is 0 Å². The fourth-order valence-corrected chi connectivity index (χ4v) is 2.80. The first-order valence-electron chi connectivity index (χ1n) is 8.08. The van der Waals surface area contributed by atoms with Crippen molar-refractivity contribution in [3.8, 4) is 11.1 Å². The van der Waals surface area contributed by atoms with Gasteiger partial charge in [-0.15, -0.1) is 0 Å². The Morgan fingerprint density at radius 1 is 0.880 bits per heavy atom. The van der Waals surface area contributed by atoms with E-state index in [0.717, 1.165) is 28.1 Å². The molecule has 0 aliphatic heterocycles. The van der Waals surface area contributed by atoms with Gasteiger partial charge >= 0.3 is 0 Å². The highest BCUT2D eigenvalue weighted by atomic mass is 35.5. The van der Waals surface area contributed by atoms with Crippen molar-refractivity contribution in [3.63, 3.8) is 0 Å². The Labute approximate surface area is 152 Å². The van der Waals surface area contributed by atoms with Crippen molar-refractivity contribution in [2.45, 2.75) is 6.92 Å². The van der Waals surface area contributed by atoms with Gasteiger partial charge in [0.05, 0.1) is 6.54 Å². The van der Waals surface area contributed by atoms with Gasteiger partial charge in [-0.3, -0.25) is 4.79 Å². The first-order chi connectivity index (χ1) is 12.1. The number of hydrogen-bond acceptors (Lipinski definition) is 2. The summed E-state index contributed by atoms with van der Waals surface area (Å²) in [6, 6.07) is 23.4. The van der Waals surface area contributed by atoms with Gasteiger partial charge in [-0.05, 0) is 36.2 Å². The van der Waals surface area contributed by atoms with E-state index in [1.54, 1.807) is 0 Å². The van der Waals surface area contributed by atoms with Crippen LogP contribution >= 0.6 is 11.6 Å². The van der Waals surface area contributed by atoms with Gasteiger partial charge in [-0.1, -0.05) is 66.2 Å². The number of anilines is 2. The second-order valence-corrected chi connectivity index (χ2v) is 6.13. The number of benzene rings is 3. The number of carbonyl (C=O) groups excluding carboxylic acids is 1. The third-order valence-corrected chi connectivity index (χ3v) is 4.40. The second kappa shape index (κ2) is 7.86. The van der Waals surface area contributed by atoms with Crippen molar-refractivity contribution in [1.82, 2.24) is 0 Å². The molecule has 0 saturated carbocycles. The first-order valence-corrected chi connectivity index (χ1v) is 8.46. The van der Waals surface area contributed by atoms with E-state index in [2.05, 4.69) is 10.6 Å². The molecular weight excluding hydrogens is 332 g/mol. The zero-order valence-corrected chi connectivity index (χ0v) is 14.7. The molecule has 0 unspecified atom stereocenters. The van der Waals surface area contributed by atoms with Crippen LogP contribution in [0.5, 0.6) is 0 Å². The van der Waals surface area contributed by atoms with Crippen LogP contribution in [0, 0.1) is 6.92 Å². The number of amides is 1. The summed E-state index contributed by atoms with van der Waals surface area (Å²) < 4.78 is 0. The Morgan fingerprint density at radius 3 is 2.36 bits per heavy atom. The minimum Gasteiger partial charge on any atom is -0.376 e. The lowest BCUT2D eigenvalue weighted by atomic mass is 10.0. The molecule has 3 aromatic rings. The molecule has 3 aromatic carbocycles. The molecule has 1 amide bonds. The summed E-state index contributed by atoms with van der Waals surface area (Å²) in [6.07, 6.45) is 0. The van der Waals surface area contributed by atoms with E-state index in [0.29, 0.717) is 5.02 Å². The molecule has 3 rings (SSSR count). The predicted molar refractivity (Wildman–Crippen MR) is 105 cm³/mol. The average Bonchev–Trinajstić information content (AvgIpc) is 2.64. The molecule has 0 atom stereocenters. The molecule has 0 fully saturated rings. The van der Waals surface area contributed by atoms with Gasteiger partial charge in [0.15, 0.2) is 0 Å². The van der Waals surface area contributed by atoms with E-state index < -0.39 is 0 Å². The van der Waals surface area contributed by atoms with Gasteiger partial charge in [0.2, 0.25) is 5.91 Å². The minimum atomic E-state index is -0.109. The maximum Gasteiger partial charge on any atom is 0.243 e. The highest BCUT2D eigenvalue weighted by Crippen LogP contribution is 2.27. The molecule has 2 N–H and O–H groups in total. The van der Waals surface area contributed by atoms with Crippen LogP contribution in [-0.4, -0.2) is 12.5 Å². The summed E-state index contributed by atoms with van der Waals surface area (Å²) in [6.45, 7) is 2.09. The molecule has 0 radical (unpaired) electrons. The molecule has 4 heteroatoms. The minimum absolute atomic E-state index is 0.109. The standard InChI is InChI=1S/C21H19ClN2O/c1-15-18(22)11-7-13-19(15)23-14-21(25)24-20-12-6-5-10-17(20)16-8-3-2-4-9-16/h2-13,23H,14H2,1H3,(H,24,25). The van der Waals surface area contributed by atoms with Crippen molar-refractivity contribution in [2.24, 2.45) is 0 Å². The monoisotopic (exact) mass is 350 g/mol. The summed E-state index contributed by atoms with van der Waals surface area (Å²) in [7, 11) is 0. The number of para-hydroxylation sites is 1. The van der Waals surface area contributed by atoms with Crippen LogP contribution in [0.15, 0.2) is 72.8 Å². The average molecular weight is 351 g/mol. The van der Waals surface area contributed by atoms with Gasteiger partial charge in [-0.2, -0.15) is 0 Å². The number of nitrogens with one attached hydrogen (secondary N) is 2. The maximum absolute atomic E-state index is 12.4. The van der Waals surface area contributed by atoms with E-state index in [1.807, 2.05) is 79.7 Å². The number of halogens is 1. The molecule has 0 bridgehead atoms. The van der Waals surface area contributed by atoms with Crippen LogP contribution in [0.25, 0.3) is 11.1 Å². The maximum atomic E-state index is 12.4. The molecule has 0 aromatic heterocycles. The van der Waals surface area contributed by atoms with Gasteiger partial charge in [-0.25, -0.2) is 0 Å². The largest absolute Gasteiger partial charge is 0.376 e. The van der Waals surface area contributed by atoms with Crippen molar-refractivity contribution in [1.29, 1.82) is 0 Å². The van der Waals surface area contributed by atoms with E-state index >= 15 is 0 Å². The predicted octanol–water partition coefficient (Wildman–Crippen LogP) is 5.37. The molecule has 0 spiro atoms. The van der Waals surface area contributed by atoms with Crippen molar-refractivity contribution < 1.29 is 4.79 Å². The summed E-state index contributed by atoms with van der Waals surface area (Å²) in [4.78, 5) is 12.4. The molecule has 25 heavy (non-hydrogen) atoms. The van der Waals surface area contributed by atoms with Crippen LogP contribution in [0.1, 0.15) is 5.56 Å². The highest BCUT2D eigenvalue weighted by molar-refractivity contribution is 6.31. The molecular formula is C21H19ClN2O. The van der Waals surface area contributed by atoms with Crippen molar-refractivity contribution >= 4 is 28.9 Å². The first kappa shape index (κ1) is 17.1. The Bertz CT molecular complexity index is 878. The Balaban J connectivity index is 1.71. The fourth-order valence-electron chi connectivity index (χ4n) is 2.63. The number of carbonyl (C=O) groups is 1. The number of hydrogen-bond donors (Lipinski definition) is 2. The molecule has 0 aliphatic carbocycles. The second-order valence-electron chi connectivity index (χ2n) is 5.73. The normalized spacial score (nSPS) is 10.3. The van der Waals surface area contributed by atoms with Crippen LogP contribution < -0.4 is 10.6 Å². The van der Waals surface area contributed by atoms with Gasteiger partial charge in [0, 0.05) is 22.0 Å². The van der Waals surface area contributed by atoms with Gasteiger partial charge in [0.1, 0.15) is 0 Å². The number of rotatable bonds is 5. The summed E-state index contributed by atoms with van der Waals surface area (Å²) in [5, 5.41) is 6.80. The van der Waals surface area contributed by atoms with Gasteiger partial charge < -0.3 is 10.6 Å². The SMILES string of the molecule is Cc1c(Cl)cccc1NCC(=O)Nc1ccccc1-c1ccccc1. The third kappa shape index (κ3) is 4.20. The van der Waals surface area contributed by atoms with E-state index in [-0.39, 0.29) is 12.5 Å². The summed E-state index contributed by atoms with van der Waals surface area (Å²) in [5.74, 6) is -0.109. The molecule has 0 heterocycles. The lowest BCUT2D eigenvalue weighted by molar-refractivity contribution is -0.114. The quantitative estimate of drug-likeness (QED) is 0.649. The van der Waals surface area contributed by atoms with Crippen molar-refractivity contribution in [3.05, 3.63) is 83.4 Å². The fraction of sp³-hybridized carbons (Fsp3) is 0.0952. The van der Waals surface area contributed by atoms with Crippen LogP contribution in [0.2, 0.25) is 5.02 Å². The van der Waals surface area contributed by atoms with Crippen molar-refractivity contribution in [2.75, 3.05) is 17.2 Å². The lowest BCUT2D eigenvalue weighted by Crippen LogP contribution is -2.22. The molecule has 0 saturated heterocycles. The third-order valence-electron chi connectivity index (χ3n) is 3.99. The highest BCUT2D eigenvalue weighted by Gasteiger charge is 2.09. The summed E-state index contributed by atoms with van der Waals surface area (Å²) >= 11 is 6.11. The summed E-state index contributed by atoms with van der Waals surface area (Å²) in [5.41, 5.74) is 4.65. The molecule has 0 aliphatic rings. The lowest BCUT2D eigenvalue weighted by Gasteiger charge is -2.13. The van der Waals surface area contributed by atoms with E-state index in [1.165, 1.54) is 0 Å². The van der Waals surface area contributed by atoms with E-state index in [4.69, 9.17) is 11.6 Å². The topological polar surface area (TPSA) is 41.1 Å². The smallest absolute Gasteiger partial charge is 0.243 e. The Morgan fingerprint density at radius 2 is 1.56 bits per heavy atom. The van der Waals surface area contributed by atoms with Crippen LogP contribution in [0.3, 0.4) is 0 Å². The Kier molecular flexibility index (Phi) is 5.36. The molecule has 126 valence electrons. The van der Waals surface area contributed by atoms with E-state index in [9.17, 15) is 4.79 Å². The zero-order chi connectivity index (χ0) is 17.6. The zero-order valence-electron chi connectivity index (χ0n) is 13.9. The Hall–Kier alpha value is -2.78. The molecule has 3 nitrogen and oxygen atoms in total.